The van der Waals surface area contributed by atoms with Crippen molar-refractivity contribution >= 4 is 23.3 Å². The molecule has 196 valence electrons. The fourth-order valence-electron chi connectivity index (χ4n) is 4.35. The van der Waals surface area contributed by atoms with E-state index in [1.165, 1.54) is 0 Å². The lowest BCUT2D eigenvalue weighted by Gasteiger charge is -2.29. The highest BCUT2D eigenvalue weighted by molar-refractivity contribution is 6.09. The molecule has 0 bridgehead atoms. The van der Waals surface area contributed by atoms with Crippen molar-refractivity contribution in [2.75, 3.05) is 45.7 Å². The van der Waals surface area contributed by atoms with Gasteiger partial charge in [-0.1, -0.05) is 24.3 Å². The van der Waals surface area contributed by atoms with Crippen LogP contribution in [0.5, 0.6) is 5.75 Å². The van der Waals surface area contributed by atoms with Crippen molar-refractivity contribution in [2.24, 2.45) is 10.7 Å². The molecule has 1 saturated heterocycles. The molecule has 10 nitrogen and oxygen atoms in total. The number of rotatable bonds is 9. The number of nitrogens with zero attached hydrogens (tertiary/aromatic N) is 6. The number of hydrogen-bond donors (Lipinski definition) is 2. The van der Waals surface area contributed by atoms with Gasteiger partial charge in [-0.2, -0.15) is 0 Å². The van der Waals surface area contributed by atoms with Crippen LogP contribution in [0.1, 0.15) is 11.1 Å². The molecule has 1 atom stereocenters. The Bertz CT molecular complexity index is 1430. The highest BCUT2D eigenvalue weighted by atomic mass is 16.5. The molecule has 0 aliphatic carbocycles. The number of allylic oxidation sites excluding steroid dienone is 1. The number of ether oxygens (including phenoxy) is 2. The third-order valence-corrected chi connectivity index (χ3v) is 6.40. The number of imidazole rings is 1. The van der Waals surface area contributed by atoms with Gasteiger partial charge in [0.15, 0.2) is 0 Å². The predicted octanol–water partition coefficient (Wildman–Crippen LogP) is 3.11. The van der Waals surface area contributed by atoms with Gasteiger partial charge in [0.2, 0.25) is 0 Å². The fraction of sp³-hybridized carbons (Fsp3) is 0.286. The van der Waals surface area contributed by atoms with E-state index < -0.39 is 0 Å². The van der Waals surface area contributed by atoms with Gasteiger partial charge in [-0.05, 0) is 24.2 Å². The van der Waals surface area contributed by atoms with Gasteiger partial charge in [-0.3, -0.25) is 9.39 Å². The summed E-state index contributed by atoms with van der Waals surface area (Å²) in [5.41, 5.74) is 11.1. The van der Waals surface area contributed by atoms with Crippen LogP contribution >= 0.6 is 0 Å². The number of benzene rings is 1. The molecule has 0 unspecified atom stereocenters. The molecule has 0 saturated carbocycles. The molecule has 0 radical (unpaired) electrons. The zero-order valence-electron chi connectivity index (χ0n) is 21.6. The van der Waals surface area contributed by atoms with Crippen molar-refractivity contribution in [1.82, 2.24) is 24.3 Å². The molecule has 38 heavy (non-hydrogen) atoms. The first-order chi connectivity index (χ1) is 18.6. The first kappa shape index (κ1) is 25.4. The Morgan fingerprint density at radius 3 is 2.87 bits per heavy atom. The molecule has 3 aromatic heterocycles. The van der Waals surface area contributed by atoms with Gasteiger partial charge in [0.05, 0.1) is 24.2 Å². The van der Waals surface area contributed by atoms with Crippen molar-refractivity contribution in [2.45, 2.75) is 12.6 Å². The SMILES string of the molecule is CN=CC(=CN)c1ccc(CNc2cc(-c3cnc4cc(OC[C@@H]5CN(C)CCO5)ccn34)ncn2)cc1. The first-order valence-corrected chi connectivity index (χ1v) is 12.5. The molecular formula is C28H32N8O2. The van der Waals surface area contributed by atoms with Crippen molar-refractivity contribution in [3.63, 3.8) is 0 Å². The summed E-state index contributed by atoms with van der Waals surface area (Å²) in [7, 11) is 3.82. The minimum atomic E-state index is 0.0703. The van der Waals surface area contributed by atoms with E-state index in [1.807, 2.05) is 47.1 Å². The predicted molar refractivity (Wildman–Crippen MR) is 149 cm³/mol. The van der Waals surface area contributed by atoms with E-state index in [0.29, 0.717) is 13.2 Å². The Hall–Kier alpha value is -4.28. The Morgan fingerprint density at radius 2 is 2.08 bits per heavy atom. The number of anilines is 1. The number of aliphatic imine (C=N–C) groups is 1. The molecule has 4 heterocycles. The third kappa shape index (κ3) is 5.99. The summed E-state index contributed by atoms with van der Waals surface area (Å²) in [6.07, 6.45) is 8.69. The standard InChI is InChI=1S/C28H32N8O2/c1-30-15-22(13-29)21-5-3-20(4-6-21)14-31-27-12-25(33-19-34-27)26-16-32-28-11-23(7-8-36(26)28)38-18-24-17-35(2)9-10-37-24/h3-8,11-13,15-16,19,24H,9-10,14,17-18,29H2,1-2H3,(H,31,33,34)/t24-/m0/s1. The monoisotopic (exact) mass is 512 g/mol. The van der Waals surface area contributed by atoms with Crippen LogP contribution in [0.4, 0.5) is 5.82 Å². The van der Waals surface area contributed by atoms with Crippen LogP contribution in [-0.4, -0.2) is 77.0 Å². The van der Waals surface area contributed by atoms with E-state index in [-0.39, 0.29) is 6.10 Å². The normalized spacial score (nSPS) is 16.8. The number of likely N-dealkylation sites (N-methyl/N-ethyl adjacent to an activating group) is 1. The number of morpholine rings is 1. The highest BCUT2D eigenvalue weighted by Crippen LogP contribution is 2.23. The van der Waals surface area contributed by atoms with Crippen molar-refractivity contribution in [3.8, 4) is 17.1 Å². The summed E-state index contributed by atoms with van der Waals surface area (Å²) < 4.78 is 13.8. The third-order valence-electron chi connectivity index (χ3n) is 6.40. The maximum Gasteiger partial charge on any atom is 0.140 e. The molecule has 1 fully saturated rings. The van der Waals surface area contributed by atoms with Crippen molar-refractivity contribution in [3.05, 3.63) is 78.5 Å². The Morgan fingerprint density at radius 1 is 1.21 bits per heavy atom. The summed E-state index contributed by atoms with van der Waals surface area (Å²) in [6.45, 7) is 3.68. The van der Waals surface area contributed by atoms with Crippen LogP contribution in [0.25, 0.3) is 22.6 Å². The van der Waals surface area contributed by atoms with E-state index in [0.717, 1.165) is 65.0 Å². The average Bonchev–Trinajstić information content (AvgIpc) is 3.38. The molecule has 1 aliphatic rings. The number of nitrogens with two attached hydrogens (primary N) is 1. The summed E-state index contributed by atoms with van der Waals surface area (Å²) in [5, 5.41) is 3.38. The maximum absolute atomic E-state index is 5.99. The lowest BCUT2D eigenvalue weighted by atomic mass is 10.1. The number of aromatic nitrogens is 4. The Labute approximate surface area is 221 Å². The highest BCUT2D eigenvalue weighted by Gasteiger charge is 2.18. The van der Waals surface area contributed by atoms with Crippen LogP contribution < -0.4 is 15.8 Å². The molecule has 10 heteroatoms. The van der Waals surface area contributed by atoms with Crippen LogP contribution in [-0.2, 0) is 11.3 Å². The largest absolute Gasteiger partial charge is 0.491 e. The van der Waals surface area contributed by atoms with Gasteiger partial charge in [0.1, 0.15) is 36.3 Å². The molecule has 4 aromatic rings. The summed E-state index contributed by atoms with van der Waals surface area (Å²) in [6, 6.07) is 14.0. The fourth-order valence-corrected chi connectivity index (χ4v) is 4.35. The van der Waals surface area contributed by atoms with Crippen LogP contribution in [0.15, 0.2) is 72.4 Å². The second-order valence-electron chi connectivity index (χ2n) is 9.15. The second kappa shape index (κ2) is 11.8. The zero-order valence-corrected chi connectivity index (χ0v) is 21.6. The lowest BCUT2D eigenvalue weighted by Crippen LogP contribution is -2.42. The molecule has 3 N–H and O–H groups in total. The number of fused-ring (bicyclic) bond motifs is 1. The summed E-state index contributed by atoms with van der Waals surface area (Å²) in [5.74, 6) is 1.49. The van der Waals surface area contributed by atoms with E-state index in [2.05, 4.69) is 49.3 Å². The molecule has 1 aliphatic heterocycles. The summed E-state index contributed by atoms with van der Waals surface area (Å²) in [4.78, 5) is 19.7. The van der Waals surface area contributed by atoms with E-state index in [4.69, 9.17) is 15.2 Å². The lowest BCUT2D eigenvalue weighted by molar-refractivity contribution is -0.0403. The van der Waals surface area contributed by atoms with Crippen molar-refractivity contribution in [1.29, 1.82) is 0 Å². The zero-order chi connectivity index (χ0) is 26.3. The molecule has 1 aromatic carbocycles. The second-order valence-corrected chi connectivity index (χ2v) is 9.15. The maximum atomic E-state index is 5.99. The minimum Gasteiger partial charge on any atom is -0.491 e. The van der Waals surface area contributed by atoms with Gasteiger partial charge in [0.25, 0.3) is 0 Å². The van der Waals surface area contributed by atoms with E-state index >= 15 is 0 Å². The quantitative estimate of drug-likeness (QED) is 0.329. The summed E-state index contributed by atoms with van der Waals surface area (Å²) >= 11 is 0. The van der Waals surface area contributed by atoms with Crippen LogP contribution in [0.3, 0.4) is 0 Å². The van der Waals surface area contributed by atoms with E-state index in [1.54, 1.807) is 25.8 Å². The average molecular weight is 513 g/mol. The minimum absolute atomic E-state index is 0.0703. The molecule has 0 spiro atoms. The van der Waals surface area contributed by atoms with Crippen LogP contribution in [0.2, 0.25) is 0 Å². The van der Waals surface area contributed by atoms with Gasteiger partial charge in [0, 0.05) is 63.0 Å². The van der Waals surface area contributed by atoms with Gasteiger partial charge < -0.3 is 25.4 Å². The molecular weight excluding hydrogens is 480 g/mol. The topological polar surface area (TPSA) is 115 Å². The van der Waals surface area contributed by atoms with Gasteiger partial charge >= 0.3 is 0 Å². The number of pyridine rings is 1. The Kier molecular flexibility index (Phi) is 7.91. The van der Waals surface area contributed by atoms with Gasteiger partial charge in [-0.15, -0.1) is 0 Å². The Balaban J connectivity index is 1.24. The van der Waals surface area contributed by atoms with Crippen LogP contribution in [0, 0.1) is 0 Å². The molecule has 0 amide bonds. The number of hydrogen-bond acceptors (Lipinski definition) is 9. The smallest absolute Gasteiger partial charge is 0.140 e. The van der Waals surface area contributed by atoms with Gasteiger partial charge in [-0.25, -0.2) is 15.0 Å². The van der Waals surface area contributed by atoms with Crippen molar-refractivity contribution < 1.29 is 9.47 Å². The first-order valence-electron chi connectivity index (χ1n) is 12.5. The molecule has 5 rings (SSSR count). The van der Waals surface area contributed by atoms with E-state index in [9.17, 15) is 0 Å². The number of nitrogens with one attached hydrogen (secondary N) is 1.